The first-order valence-electron chi connectivity index (χ1n) is 9.17. The molecule has 1 heterocycles. The van der Waals surface area contributed by atoms with Gasteiger partial charge in [-0.3, -0.25) is 9.59 Å². The molecule has 1 N–H and O–H groups in total. The molecule has 0 spiro atoms. The maximum Gasteiger partial charge on any atom is 0.282 e. The third-order valence-electron chi connectivity index (χ3n) is 4.67. The maximum atomic E-state index is 12.9. The van der Waals surface area contributed by atoms with E-state index in [4.69, 9.17) is 11.6 Å². The largest absolute Gasteiger partial charge is 0.325 e. The van der Waals surface area contributed by atoms with Crippen LogP contribution in [0.5, 0.6) is 0 Å². The van der Waals surface area contributed by atoms with Crippen molar-refractivity contribution in [2.24, 2.45) is 0 Å². The van der Waals surface area contributed by atoms with Gasteiger partial charge in [-0.25, -0.2) is 0 Å². The highest BCUT2D eigenvalue weighted by Gasteiger charge is 2.34. The van der Waals surface area contributed by atoms with Crippen molar-refractivity contribution >= 4 is 39.2 Å². The van der Waals surface area contributed by atoms with Crippen molar-refractivity contribution in [2.75, 3.05) is 25.0 Å². The first-order chi connectivity index (χ1) is 13.8. The van der Waals surface area contributed by atoms with Crippen LogP contribution in [0.1, 0.15) is 29.3 Å². The van der Waals surface area contributed by atoms with E-state index in [0.717, 1.165) is 5.56 Å². The number of ketones is 1. The normalized spacial score (nSPS) is 17.0. The van der Waals surface area contributed by atoms with Crippen LogP contribution >= 0.6 is 11.6 Å². The number of halogens is 1. The predicted molar refractivity (Wildman–Crippen MR) is 112 cm³/mol. The molecule has 0 unspecified atom stereocenters. The molecule has 29 heavy (non-hydrogen) atoms. The molecule has 0 bridgehead atoms. The standard InChI is InChI=1S/C20H22ClN3O4S/c1-15(25)16-7-9-18(10-8-16)22-20(26)14-24-12-4-11-23(29(24,27)28)13-17-5-2-3-6-19(17)21/h2-3,5-10H,4,11-14H2,1H3,(H,22,26). The van der Waals surface area contributed by atoms with E-state index in [0.29, 0.717) is 29.2 Å². The van der Waals surface area contributed by atoms with E-state index >= 15 is 0 Å². The number of benzene rings is 2. The molecule has 0 saturated carbocycles. The fourth-order valence-corrected chi connectivity index (χ4v) is 4.93. The van der Waals surface area contributed by atoms with Gasteiger partial charge in [-0.15, -0.1) is 0 Å². The van der Waals surface area contributed by atoms with Gasteiger partial charge >= 0.3 is 0 Å². The second kappa shape index (κ2) is 9.04. The van der Waals surface area contributed by atoms with Gasteiger partial charge in [0.05, 0.1) is 6.54 Å². The van der Waals surface area contributed by atoms with Crippen LogP contribution in [-0.2, 0) is 21.5 Å². The predicted octanol–water partition coefficient (Wildman–Crippen LogP) is 2.93. The maximum absolute atomic E-state index is 12.9. The quantitative estimate of drug-likeness (QED) is 0.707. The molecule has 1 fully saturated rings. The Kier molecular flexibility index (Phi) is 6.69. The Morgan fingerprint density at radius 1 is 1.03 bits per heavy atom. The van der Waals surface area contributed by atoms with Gasteiger partial charge in [0.15, 0.2) is 5.78 Å². The van der Waals surface area contributed by atoms with E-state index in [1.54, 1.807) is 48.5 Å². The fraction of sp³-hybridized carbons (Fsp3) is 0.300. The number of hydrogen-bond donors (Lipinski definition) is 1. The summed E-state index contributed by atoms with van der Waals surface area (Å²) in [5.41, 5.74) is 1.76. The number of amides is 1. The molecule has 0 aliphatic carbocycles. The van der Waals surface area contributed by atoms with E-state index in [1.165, 1.54) is 15.5 Å². The molecule has 1 amide bonds. The van der Waals surface area contributed by atoms with Crippen molar-refractivity contribution in [2.45, 2.75) is 19.9 Å². The second-order valence-electron chi connectivity index (χ2n) is 6.80. The van der Waals surface area contributed by atoms with Crippen LogP contribution in [0.2, 0.25) is 5.02 Å². The highest BCUT2D eigenvalue weighted by molar-refractivity contribution is 7.86. The average molecular weight is 436 g/mol. The molecule has 2 aromatic rings. The monoisotopic (exact) mass is 435 g/mol. The minimum atomic E-state index is -3.78. The number of anilines is 1. The summed E-state index contributed by atoms with van der Waals surface area (Å²) in [7, 11) is -3.78. The molecule has 0 atom stereocenters. The summed E-state index contributed by atoms with van der Waals surface area (Å²) < 4.78 is 28.4. The molecule has 154 valence electrons. The Balaban J connectivity index is 1.66. The van der Waals surface area contributed by atoms with E-state index in [1.807, 2.05) is 0 Å². The van der Waals surface area contributed by atoms with Gasteiger partial charge in [-0.2, -0.15) is 17.0 Å². The topological polar surface area (TPSA) is 86.8 Å². The Labute approximate surface area is 175 Å². The molecule has 1 aliphatic heterocycles. The summed E-state index contributed by atoms with van der Waals surface area (Å²) in [5.74, 6) is -0.510. The third-order valence-corrected chi connectivity index (χ3v) is 6.96. The summed E-state index contributed by atoms with van der Waals surface area (Å²) in [5, 5.41) is 3.18. The fourth-order valence-electron chi connectivity index (χ4n) is 3.10. The lowest BCUT2D eigenvalue weighted by Crippen LogP contribution is -2.51. The number of carbonyl (C=O) groups excluding carboxylic acids is 2. The highest BCUT2D eigenvalue weighted by atomic mass is 35.5. The number of nitrogens with one attached hydrogen (secondary N) is 1. The van der Waals surface area contributed by atoms with Crippen LogP contribution in [0.3, 0.4) is 0 Å². The summed E-state index contributed by atoms with van der Waals surface area (Å²) in [6.07, 6.45) is 0.615. The van der Waals surface area contributed by atoms with E-state index < -0.39 is 16.1 Å². The zero-order valence-electron chi connectivity index (χ0n) is 16.0. The van der Waals surface area contributed by atoms with Crippen LogP contribution < -0.4 is 5.32 Å². The molecular formula is C20H22ClN3O4S. The average Bonchev–Trinajstić information content (AvgIpc) is 2.67. The second-order valence-corrected chi connectivity index (χ2v) is 9.14. The third kappa shape index (κ3) is 5.22. The number of carbonyl (C=O) groups is 2. The van der Waals surface area contributed by atoms with Gasteiger partial charge in [-0.1, -0.05) is 29.8 Å². The molecule has 1 aliphatic rings. The molecule has 2 aromatic carbocycles. The molecular weight excluding hydrogens is 414 g/mol. The van der Waals surface area contributed by atoms with Gasteiger partial charge in [0, 0.05) is 35.9 Å². The van der Waals surface area contributed by atoms with Crippen molar-refractivity contribution in [3.8, 4) is 0 Å². The number of nitrogens with zero attached hydrogens (tertiary/aromatic N) is 2. The highest BCUT2D eigenvalue weighted by Crippen LogP contribution is 2.23. The Morgan fingerprint density at radius 2 is 1.69 bits per heavy atom. The van der Waals surface area contributed by atoms with Gasteiger partial charge in [-0.05, 0) is 49.2 Å². The molecule has 0 radical (unpaired) electrons. The number of Topliss-reactive ketones (excluding diaryl/α,β-unsaturated/α-hetero) is 1. The first kappa shape index (κ1) is 21.4. The minimum Gasteiger partial charge on any atom is -0.325 e. The SMILES string of the molecule is CC(=O)c1ccc(NC(=O)CN2CCCN(Cc3ccccc3Cl)S2(=O)=O)cc1. The van der Waals surface area contributed by atoms with E-state index in [-0.39, 0.29) is 25.4 Å². The van der Waals surface area contributed by atoms with Crippen molar-refractivity contribution in [3.63, 3.8) is 0 Å². The lowest BCUT2D eigenvalue weighted by molar-refractivity contribution is -0.116. The summed E-state index contributed by atoms with van der Waals surface area (Å²) in [6, 6.07) is 13.6. The van der Waals surface area contributed by atoms with Crippen LogP contribution in [-0.4, -0.2) is 48.4 Å². The van der Waals surface area contributed by atoms with Crippen LogP contribution in [0.4, 0.5) is 5.69 Å². The number of hydrogen-bond acceptors (Lipinski definition) is 4. The van der Waals surface area contributed by atoms with Crippen molar-refractivity contribution in [1.29, 1.82) is 0 Å². The smallest absolute Gasteiger partial charge is 0.282 e. The lowest BCUT2D eigenvalue weighted by atomic mass is 10.1. The summed E-state index contributed by atoms with van der Waals surface area (Å²) >= 11 is 6.16. The Morgan fingerprint density at radius 3 is 2.34 bits per heavy atom. The van der Waals surface area contributed by atoms with Crippen LogP contribution in [0.25, 0.3) is 0 Å². The first-order valence-corrected chi connectivity index (χ1v) is 10.9. The van der Waals surface area contributed by atoms with Crippen molar-refractivity contribution in [1.82, 2.24) is 8.61 Å². The zero-order valence-corrected chi connectivity index (χ0v) is 17.5. The lowest BCUT2D eigenvalue weighted by Gasteiger charge is -2.34. The molecule has 9 heteroatoms. The number of rotatable bonds is 6. The van der Waals surface area contributed by atoms with Gasteiger partial charge in [0.25, 0.3) is 10.2 Å². The molecule has 1 saturated heterocycles. The van der Waals surface area contributed by atoms with Gasteiger partial charge < -0.3 is 5.32 Å². The van der Waals surface area contributed by atoms with E-state index in [9.17, 15) is 18.0 Å². The van der Waals surface area contributed by atoms with Crippen molar-refractivity contribution < 1.29 is 18.0 Å². The molecule has 3 rings (SSSR count). The minimum absolute atomic E-state index is 0.0686. The Bertz CT molecular complexity index is 1010. The summed E-state index contributed by atoms with van der Waals surface area (Å²) in [4.78, 5) is 23.7. The van der Waals surface area contributed by atoms with Crippen LogP contribution in [0.15, 0.2) is 48.5 Å². The summed E-state index contributed by atoms with van der Waals surface area (Å²) in [6.45, 7) is 1.99. The molecule has 7 nitrogen and oxygen atoms in total. The van der Waals surface area contributed by atoms with Crippen LogP contribution in [0, 0.1) is 0 Å². The zero-order chi connectivity index (χ0) is 21.0. The van der Waals surface area contributed by atoms with Gasteiger partial charge in [0.2, 0.25) is 5.91 Å². The van der Waals surface area contributed by atoms with Gasteiger partial charge in [0.1, 0.15) is 0 Å². The van der Waals surface area contributed by atoms with E-state index in [2.05, 4.69) is 5.32 Å². The Hall–Kier alpha value is -2.26. The molecule has 0 aromatic heterocycles. The van der Waals surface area contributed by atoms with Crippen molar-refractivity contribution in [3.05, 3.63) is 64.7 Å².